The van der Waals surface area contributed by atoms with Gasteiger partial charge in [0.2, 0.25) is 0 Å². The molecule has 0 aliphatic carbocycles. The molecule has 0 bridgehead atoms. The van der Waals surface area contributed by atoms with Gasteiger partial charge in [-0.05, 0) is 13.3 Å². The Bertz CT molecular complexity index is 167. The standard InChI is InChI=1S/C11H23NO2/c1-3-4-5-6-7-8-11(2,12)9-10(13)14/h3-9,12H2,1-2H3,(H,13,14). The molecule has 14 heavy (non-hydrogen) atoms. The molecule has 0 amide bonds. The Kier molecular flexibility index (Phi) is 6.54. The third-order valence-corrected chi connectivity index (χ3v) is 2.41. The van der Waals surface area contributed by atoms with Crippen LogP contribution in [0.25, 0.3) is 0 Å². The van der Waals surface area contributed by atoms with Crippen LogP contribution in [0.2, 0.25) is 0 Å². The lowest BCUT2D eigenvalue weighted by atomic mass is 9.92. The fourth-order valence-corrected chi connectivity index (χ4v) is 1.57. The molecule has 0 spiro atoms. The fraction of sp³-hybridized carbons (Fsp3) is 0.909. The highest BCUT2D eigenvalue weighted by Crippen LogP contribution is 2.16. The maximum Gasteiger partial charge on any atom is 0.305 e. The first-order chi connectivity index (χ1) is 6.48. The Balaban J connectivity index is 3.50. The summed E-state index contributed by atoms with van der Waals surface area (Å²) >= 11 is 0. The van der Waals surface area contributed by atoms with Gasteiger partial charge in [0.1, 0.15) is 0 Å². The smallest absolute Gasteiger partial charge is 0.305 e. The highest BCUT2D eigenvalue weighted by Gasteiger charge is 2.21. The number of carboxylic acids is 1. The molecule has 1 atom stereocenters. The number of nitrogens with two attached hydrogens (primary N) is 1. The number of hydrogen-bond donors (Lipinski definition) is 2. The van der Waals surface area contributed by atoms with Gasteiger partial charge in [-0.2, -0.15) is 0 Å². The van der Waals surface area contributed by atoms with Crippen molar-refractivity contribution >= 4 is 5.97 Å². The largest absolute Gasteiger partial charge is 0.481 e. The summed E-state index contributed by atoms with van der Waals surface area (Å²) in [5.41, 5.74) is 5.32. The van der Waals surface area contributed by atoms with E-state index in [2.05, 4.69) is 6.92 Å². The van der Waals surface area contributed by atoms with Gasteiger partial charge < -0.3 is 10.8 Å². The minimum atomic E-state index is -0.802. The molecule has 3 nitrogen and oxygen atoms in total. The van der Waals surface area contributed by atoms with Crippen molar-refractivity contribution in [3.8, 4) is 0 Å². The van der Waals surface area contributed by atoms with Crippen LogP contribution in [-0.2, 0) is 4.79 Å². The minimum absolute atomic E-state index is 0.0702. The second-order valence-corrected chi connectivity index (χ2v) is 4.39. The molecule has 0 aromatic heterocycles. The first-order valence-corrected chi connectivity index (χ1v) is 5.48. The third kappa shape index (κ3) is 8.05. The zero-order chi connectivity index (χ0) is 11.0. The Morgan fingerprint density at radius 3 is 2.36 bits per heavy atom. The summed E-state index contributed by atoms with van der Waals surface area (Å²) < 4.78 is 0. The van der Waals surface area contributed by atoms with E-state index in [0.717, 1.165) is 12.8 Å². The molecule has 0 rings (SSSR count). The normalized spacial score (nSPS) is 15.1. The van der Waals surface area contributed by atoms with E-state index in [-0.39, 0.29) is 6.42 Å². The van der Waals surface area contributed by atoms with Crippen LogP contribution in [0.1, 0.15) is 58.8 Å². The first kappa shape index (κ1) is 13.4. The number of rotatable bonds is 8. The molecule has 0 aromatic carbocycles. The van der Waals surface area contributed by atoms with Crippen molar-refractivity contribution in [3.63, 3.8) is 0 Å². The molecule has 0 heterocycles. The summed E-state index contributed by atoms with van der Waals surface area (Å²) in [4.78, 5) is 10.5. The van der Waals surface area contributed by atoms with E-state index in [1.165, 1.54) is 25.7 Å². The summed E-state index contributed by atoms with van der Waals surface area (Å²) in [6, 6.07) is 0. The zero-order valence-corrected chi connectivity index (χ0v) is 9.38. The number of aliphatic carboxylic acids is 1. The lowest BCUT2D eigenvalue weighted by Gasteiger charge is -2.22. The fourth-order valence-electron chi connectivity index (χ4n) is 1.57. The summed E-state index contributed by atoms with van der Waals surface area (Å²) in [6.45, 7) is 4.00. The highest BCUT2D eigenvalue weighted by atomic mass is 16.4. The van der Waals surface area contributed by atoms with Crippen LogP contribution in [0.3, 0.4) is 0 Å². The van der Waals surface area contributed by atoms with Crippen molar-refractivity contribution in [1.82, 2.24) is 0 Å². The molecule has 0 radical (unpaired) electrons. The van der Waals surface area contributed by atoms with Crippen LogP contribution in [0.5, 0.6) is 0 Å². The predicted molar refractivity (Wildman–Crippen MR) is 58.2 cm³/mol. The lowest BCUT2D eigenvalue weighted by Crippen LogP contribution is -2.38. The number of hydrogen-bond acceptors (Lipinski definition) is 2. The first-order valence-electron chi connectivity index (χ1n) is 5.48. The van der Waals surface area contributed by atoms with Gasteiger partial charge in [0, 0.05) is 5.54 Å². The number of unbranched alkanes of at least 4 members (excludes halogenated alkanes) is 4. The summed E-state index contributed by atoms with van der Waals surface area (Å²) in [5.74, 6) is -0.802. The SMILES string of the molecule is CCCCCCCC(C)(N)CC(=O)O. The van der Waals surface area contributed by atoms with Crippen LogP contribution in [-0.4, -0.2) is 16.6 Å². The quantitative estimate of drug-likeness (QED) is 0.593. The van der Waals surface area contributed by atoms with Crippen LogP contribution in [0.4, 0.5) is 0 Å². The third-order valence-electron chi connectivity index (χ3n) is 2.41. The topological polar surface area (TPSA) is 63.3 Å². The Morgan fingerprint density at radius 1 is 1.29 bits per heavy atom. The molecule has 0 aliphatic rings. The maximum atomic E-state index is 10.5. The van der Waals surface area contributed by atoms with Gasteiger partial charge in [0.25, 0.3) is 0 Å². The molecule has 3 heteroatoms. The van der Waals surface area contributed by atoms with Gasteiger partial charge in [0.15, 0.2) is 0 Å². The molecule has 3 N–H and O–H groups in total. The van der Waals surface area contributed by atoms with E-state index < -0.39 is 11.5 Å². The van der Waals surface area contributed by atoms with Crippen molar-refractivity contribution in [3.05, 3.63) is 0 Å². The molecule has 0 aromatic rings. The molecule has 0 saturated carbocycles. The lowest BCUT2D eigenvalue weighted by molar-refractivity contribution is -0.138. The molecule has 0 fully saturated rings. The van der Waals surface area contributed by atoms with Crippen molar-refractivity contribution in [2.24, 2.45) is 5.73 Å². The monoisotopic (exact) mass is 201 g/mol. The molecular weight excluding hydrogens is 178 g/mol. The zero-order valence-electron chi connectivity index (χ0n) is 9.38. The van der Waals surface area contributed by atoms with E-state index in [4.69, 9.17) is 10.8 Å². The molecule has 0 saturated heterocycles. The van der Waals surface area contributed by atoms with Crippen molar-refractivity contribution in [1.29, 1.82) is 0 Å². The average molecular weight is 201 g/mol. The maximum absolute atomic E-state index is 10.5. The van der Waals surface area contributed by atoms with E-state index >= 15 is 0 Å². The van der Waals surface area contributed by atoms with Gasteiger partial charge in [-0.3, -0.25) is 4.79 Å². The summed E-state index contributed by atoms with van der Waals surface area (Å²) in [5, 5.41) is 8.61. The molecule has 84 valence electrons. The van der Waals surface area contributed by atoms with E-state index in [1.807, 2.05) is 6.92 Å². The highest BCUT2D eigenvalue weighted by molar-refractivity contribution is 5.68. The Labute approximate surface area is 86.7 Å². The van der Waals surface area contributed by atoms with Gasteiger partial charge in [-0.15, -0.1) is 0 Å². The minimum Gasteiger partial charge on any atom is -0.481 e. The molecular formula is C11H23NO2. The van der Waals surface area contributed by atoms with Crippen LogP contribution < -0.4 is 5.73 Å². The summed E-state index contributed by atoms with van der Waals surface area (Å²) in [7, 11) is 0. The van der Waals surface area contributed by atoms with E-state index in [9.17, 15) is 4.79 Å². The van der Waals surface area contributed by atoms with Crippen molar-refractivity contribution in [2.45, 2.75) is 64.3 Å². The van der Waals surface area contributed by atoms with Gasteiger partial charge in [0.05, 0.1) is 6.42 Å². The van der Waals surface area contributed by atoms with Crippen LogP contribution in [0.15, 0.2) is 0 Å². The van der Waals surface area contributed by atoms with Gasteiger partial charge in [-0.25, -0.2) is 0 Å². The van der Waals surface area contributed by atoms with Crippen LogP contribution >= 0.6 is 0 Å². The van der Waals surface area contributed by atoms with Gasteiger partial charge >= 0.3 is 5.97 Å². The van der Waals surface area contributed by atoms with Gasteiger partial charge in [-0.1, -0.05) is 39.0 Å². The van der Waals surface area contributed by atoms with Crippen molar-refractivity contribution in [2.75, 3.05) is 0 Å². The molecule has 0 aliphatic heterocycles. The van der Waals surface area contributed by atoms with Crippen molar-refractivity contribution < 1.29 is 9.90 Å². The molecule has 1 unspecified atom stereocenters. The van der Waals surface area contributed by atoms with Crippen LogP contribution in [0, 0.1) is 0 Å². The number of carbonyl (C=O) groups is 1. The average Bonchev–Trinajstić information content (AvgIpc) is 2.01. The van der Waals surface area contributed by atoms with E-state index in [0.29, 0.717) is 0 Å². The Morgan fingerprint density at radius 2 is 1.86 bits per heavy atom. The number of carboxylic acid groups (broad SMARTS) is 1. The second kappa shape index (κ2) is 6.82. The summed E-state index contributed by atoms with van der Waals surface area (Å²) in [6.07, 6.45) is 6.82. The second-order valence-electron chi connectivity index (χ2n) is 4.39. The predicted octanol–water partition coefficient (Wildman–Crippen LogP) is 2.54. The Hall–Kier alpha value is -0.570. The van der Waals surface area contributed by atoms with E-state index in [1.54, 1.807) is 0 Å².